The number of rotatable bonds is 6. The van der Waals surface area contributed by atoms with Crippen molar-refractivity contribution in [1.82, 2.24) is 25.3 Å². The molecule has 5 rings (SSSR count). The summed E-state index contributed by atoms with van der Waals surface area (Å²) < 4.78 is 6.06. The lowest BCUT2D eigenvalue weighted by molar-refractivity contribution is 0.0985. The minimum Gasteiger partial charge on any atom is -0.506 e. The van der Waals surface area contributed by atoms with Crippen molar-refractivity contribution in [3.63, 3.8) is 0 Å². The molecule has 2 amide bonds. The molecule has 1 fully saturated rings. The smallest absolute Gasteiger partial charge is 0.276 e. The summed E-state index contributed by atoms with van der Waals surface area (Å²) in [5, 5.41) is 18.6. The van der Waals surface area contributed by atoms with Crippen LogP contribution in [-0.2, 0) is 0 Å². The first-order chi connectivity index (χ1) is 17.0. The van der Waals surface area contributed by atoms with Gasteiger partial charge in [-0.3, -0.25) is 14.9 Å². The van der Waals surface area contributed by atoms with Gasteiger partial charge in [-0.1, -0.05) is 6.07 Å². The van der Waals surface area contributed by atoms with E-state index in [1.165, 1.54) is 12.4 Å². The summed E-state index contributed by atoms with van der Waals surface area (Å²) >= 11 is 0. The average Bonchev–Trinajstić information content (AvgIpc) is 3.49. The van der Waals surface area contributed by atoms with E-state index in [2.05, 4.69) is 35.9 Å². The van der Waals surface area contributed by atoms with Gasteiger partial charge in [0, 0.05) is 5.69 Å². The maximum absolute atomic E-state index is 12.9. The molecule has 0 radical (unpaired) electrons. The van der Waals surface area contributed by atoms with Crippen molar-refractivity contribution in [3.05, 3.63) is 59.7 Å². The lowest BCUT2D eigenvalue weighted by atomic mass is 10.1. The number of amides is 2. The second kappa shape index (κ2) is 9.47. The Kier molecular flexibility index (Phi) is 6.06. The molecular weight excluding hydrogens is 450 g/mol. The summed E-state index contributed by atoms with van der Waals surface area (Å²) in [5.74, 6) is -0.262. The number of nitrogens with zero attached hydrogens (tertiary/aromatic N) is 2. The second-order valence-electron chi connectivity index (χ2n) is 8.34. The lowest BCUT2D eigenvalue weighted by Gasteiger charge is -2.24. The fourth-order valence-electron chi connectivity index (χ4n) is 4.02. The first kappa shape index (κ1) is 22.4. The van der Waals surface area contributed by atoms with E-state index < -0.39 is 11.8 Å². The Labute approximate surface area is 200 Å². The Bertz CT molecular complexity index is 1390. The molecule has 0 unspecified atom stereocenters. The van der Waals surface area contributed by atoms with Gasteiger partial charge < -0.3 is 30.4 Å². The average molecular weight is 476 g/mol. The largest absolute Gasteiger partial charge is 0.506 e. The van der Waals surface area contributed by atoms with Gasteiger partial charge in [0.25, 0.3) is 11.8 Å². The van der Waals surface area contributed by atoms with Gasteiger partial charge in [0.05, 0.1) is 11.8 Å². The molecule has 4 aromatic rings. The molecule has 6 N–H and O–H groups in total. The Morgan fingerprint density at radius 2 is 1.94 bits per heavy atom. The predicted molar refractivity (Wildman–Crippen MR) is 130 cm³/mol. The van der Waals surface area contributed by atoms with Gasteiger partial charge in [-0.25, -0.2) is 9.97 Å². The minimum absolute atomic E-state index is 0.0107. The van der Waals surface area contributed by atoms with Gasteiger partial charge in [0.15, 0.2) is 5.69 Å². The third kappa shape index (κ3) is 4.80. The molecule has 0 saturated carbocycles. The topological polar surface area (TPSA) is 157 Å². The summed E-state index contributed by atoms with van der Waals surface area (Å²) in [6, 6.07) is 10.4. The number of carbonyl (C=O) groups is 2. The van der Waals surface area contributed by atoms with Crippen LogP contribution in [0.25, 0.3) is 11.0 Å². The molecule has 35 heavy (non-hydrogen) atoms. The number of phenols is 1. The molecule has 11 heteroatoms. The number of aromatic hydroxyl groups is 1. The molecule has 0 bridgehead atoms. The van der Waals surface area contributed by atoms with Crippen molar-refractivity contribution in [2.75, 3.05) is 23.7 Å². The number of aryl methyl sites for hydroxylation is 1. The number of para-hydroxylation sites is 1. The van der Waals surface area contributed by atoms with Crippen molar-refractivity contribution < 1.29 is 19.4 Å². The van der Waals surface area contributed by atoms with Crippen LogP contribution in [-0.4, -0.2) is 56.1 Å². The first-order valence-electron chi connectivity index (χ1n) is 11.3. The van der Waals surface area contributed by atoms with Crippen molar-refractivity contribution in [2.24, 2.45) is 0 Å². The van der Waals surface area contributed by atoms with Crippen molar-refractivity contribution in [3.8, 4) is 11.5 Å². The molecular formula is C24H25N7O4. The third-order valence-corrected chi connectivity index (χ3v) is 5.84. The predicted octanol–water partition coefficient (Wildman–Crippen LogP) is 2.94. The van der Waals surface area contributed by atoms with Crippen LogP contribution in [0.2, 0.25) is 0 Å². The van der Waals surface area contributed by atoms with Crippen LogP contribution in [0.4, 0.5) is 11.6 Å². The van der Waals surface area contributed by atoms with Gasteiger partial charge >= 0.3 is 0 Å². The number of aromatic amines is 2. The zero-order valence-electron chi connectivity index (χ0n) is 19.0. The van der Waals surface area contributed by atoms with E-state index in [0.717, 1.165) is 37.2 Å². The number of phenolic OH excluding ortho intramolecular Hbond substituents is 1. The number of hydrogen-bond donors (Lipinski definition) is 6. The lowest BCUT2D eigenvalue weighted by Crippen LogP contribution is -2.34. The van der Waals surface area contributed by atoms with Crippen LogP contribution in [0.5, 0.6) is 11.5 Å². The minimum atomic E-state index is -0.603. The number of aromatic nitrogens is 4. The zero-order chi connectivity index (χ0) is 24.4. The highest BCUT2D eigenvalue weighted by molar-refractivity contribution is 6.13. The van der Waals surface area contributed by atoms with Gasteiger partial charge in [0.2, 0.25) is 5.95 Å². The molecule has 0 atom stereocenters. The molecule has 0 spiro atoms. The van der Waals surface area contributed by atoms with Crippen LogP contribution in [0.3, 0.4) is 0 Å². The van der Waals surface area contributed by atoms with E-state index >= 15 is 0 Å². The summed E-state index contributed by atoms with van der Waals surface area (Å²) in [5.41, 5.74) is 2.23. The molecule has 2 aromatic carbocycles. The fourth-order valence-corrected chi connectivity index (χ4v) is 4.02. The zero-order valence-corrected chi connectivity index (χ0v) is 19.0. The number of imidazole rings is 2. The Balaban J connectivity index is 1.27. The highest BCUT2D eigenvalue weighted by Gasteiger charge is 2.22. The van der Waals surface area contributed by atoms with Gasteiger partial charge in [-0.15, -0.1) is 0 Å². The molecule has 2 aromatic heterocycles. The summed E-state index contributed by atoms with van der Waals surface area (Å²) in [4.78, 5) is 39.6. The van der Waals surface area contributed by atoms with Gasteiger partial charge in [-0.05, 0) is 68.8 Å². The van der Waals surface area contributed by atoms with Crippen LogP contribution in [0.1, 0.15) is 39.4 Å². The Hall–Kier alpha value is -4.38. The monoisotopic (exact) mass is 475 g/mol. The standard InChI is InChI=1S/C24H25N7O4/c1-13-11-15(35-14-7-9-25-10-8-14)5-6-16(13)28-22(33)20-21(27-12-26-20)23(34)31-24-29-17-3-2-4-18(32)19(17)30-24/h2-6,11-12,14,25,32H,7-10H2,1H3,(H,26,27)(H,28,33)(H2,29,30,31,34). The van der Waals surface area contributed by atoms with Crippen molar-refractivity contribution in [1.29, 1.82) is 0 Å². The van der Waals surface area contributed by atoms with E-state index in [0.29, 0.717) is 16.7 Å². The summed E-state index contributed by atoms with van der Waals surface area (Å²) in [6.07, 6.45) is 3.36. The molecule has 0 aliphatic carbocycles. The number of hydrogen-bond acceptors (Lipinski definition) is 7. The number of fused-ring (bicyclic) bond motifs is 1. The van der Waals surface area contributed by atoms with Crippen LogP contribution >= 0.6 is 0 Å². The van der Waals surface area contributed by atoms with E-state index in [1.54, 1.807) is 18.2 Å². The number of anilines is 2. The number of piperidine rings is 1. The molecule has 3 heterocycles. The van der Waals surface area contributed by atoms with E-state index in [9.17, 15) is 14.7 Å². The Morgan fingerprint density at radius 3 is 2.71 bits per heavy atom. The quantitative estimate of drug-likeness (QED) is 0.250. The van der Waals surface area contributed by atoms with Crippen molar-refractivity contribution >= 4 is 34.5 Å². The molecule has 1 aliphatic heterocycles. The number of carbonyl (C=O) groups excluding carboxylic acids is 2. The number of H-pyrrole nitrogens is 2. The van der Waals surface area contributed by atoms with E-state index in [1.807, 2.05) is 19.1 Å². The first-order valence-corrected chi connectivity index (χ1v) is 11.3. The van der Waals surface area contributed by atoms with E-state index in [4.69, 9.17) is 4.74 Å². The maximum Gasteiger partial charge on any atom is 0.276 e. The third-order valence-electron chi connectivity index (χ3n) is 5.84. The van der Waals surface area contributed by atoms with Gasteiger partial charge in [0.1, 0.15) is 28.8 Å². The SMILES string of the molecule is Cc1cc(OC2CCNCC2)ccc1NC(=O)c1nc[nH]c1C(=O)Nc1nc2c(O)cccc2[nH]1. The summed E-state index contributed by atoms with van der Waals surface area (Å²) in [6.45, 7) is 3.76. The van der Waals surface area contributed by atoms with Crippen LogP contribution < -0.4 is 20.7 Å². The second-order valence-corrected chi connectivity index (χ2v) is 8.34. The molecule has 180 valence electrons. The number of nitrogens with one attached hydrogen (secondary N) is 5. The fraction of sp³-hybridized carbons (Fsp3) is 0.250. The maximum atomic E-state index is 12.9. The number of ether oxygens (including phenoxy) is 1. The normalized spacial score (nSPS) is 14.1. The molecule has 1 aliphatic rings. The molecule has 11 nitrogen and oxygen atoms in total. The van der Waals surface area contributed by atoms with Crippen LogP contribution in [0, 0.1) is 6.92 Å². The molecule has 1 saturated heterocycles. The van der Waals surface area contributed by atoms with Crippen LogP contribution in [0.15, 0.2) is 42.7 Å². The highest BCUT2D eigenvalue weighted by Crippen LogP contribution is 2.25. The van der Waals surface area contributed by atoms with E-state index in [-0.39, 0.29) is 29.2 Å². The Morgan fingerprint density at radius 1 is 1.11 bits per heavy atom. The number of benzene rings is 2. The highest BCUT2D eigenvalue weighted by atomic mass is 16.5. The van der Waals surface area contributed by atoms with Crippen molar-refractivity contribution in [2.45, 2.75) is 25.9 Å². The summed E-state index contributed by atoms with van der Waals surface area (Å²) in [7, 11) is 0. The van der Waals surface area contributed by atoms with Gasteiger partial charge in [-0.2, -0.15) is 0 Å².